The van der Waals surface area contributed by atoms with Crippen LogP contribution in [-0.2, 0) is 4.74 Å². The fraction of sp³-hybridized carbons (Fsp3) is 0.364. The summed E-state index contributed by atoms with van der Waals surface area (Å²) >= 11 is 0. The lowest BCUT2D eigenvalue weighted by Gasteiger charge is -2.06. The van der Waals surface area contributed by atoms with Gasteiger partial charge in [-0.3, -0.25) is 4.79 Å². The molecule has 1 aromatic rings. The van der Waals surface area contributed by atoms with E-state index in [4.69, 9.17) is 4.74 Å². The lowest BCUT2D eigenvalue weighted by Crippen LogP contribution is -2.13. The molecule has 0 amide bonds. The van der Waals surface area contributed by atoms with Crippen molar-refractivity contribution in [3.63, 3.8) is 0 Å². The number of benzene rings is 1. The van der Waals surface area contributed by atoms with Crippen molar-refractivity contribution < 1.29 is 18.3 Å². The topological polar surface area (TPSA) is 26.3 Å². The van der Waals surface area contributed by atoms with Crippen LogP contribution in [0.4, 0.5) is 8.78 Å². The van der Waals surface area contributed by atoms with Crippen LogP contribution in [0.25, 0.3) is 0 Å². The van der Waals surface area contributed by atoms with Gasteiger partial charge in [0, 0.05) is 5.56 Å². The predicted molar refractivity (Wildman–Crippen MR) is 51.8 cm³/mol. The highest BCUT2D eigenvalue weighted by Crippen LogP contribution is 2.09. The van der Waals surface area contributed by atoms with Crippen LogP contribution in [0.1, 0.15) is 24.2 Å². The second-order valence-electron chi connectivity index (χ2n) is 3.41. The zero-order valence-corrected chi connectivity index (χ0v) is 8.59. The van der Waals surface area contributed by atoms with Crippen LogP contribution in [0.15, 0.2) is 18.2 Å². The Labute approximate surface area is 86.9 Å². The molecule has 15 heavy (non-hydrogen) atoms. The monoisotopic (exact) mass is 214 g/mol. The van der Waals surface area contributed by atoms with Crippen molar-refractivity contribution in [2.45, 2.75) is 20.0 Å². The number of Topliss-reactive ketones (excluding diaryl/α,β-unsaturated/α-hetero) is 1. The second-order valence-corrected chi connectivity index (χ2v) is 3.41. The summed E-state index contributed by atoms with van der Waals surface area (Å²) in [6, 6.07) is 3.05. The van der Waals surface area contributed by atoms with Gasteiger partial charge in [0.1, 0.15) is 6.61 Å². The molecule has 0 saturated carbocycles. The van der Waals surface area contributed by atoms with Gasteiger partial charge in [0.05, 0.1) is 6.10 Å². The Morgan fingerprint density at radius 2 is 2.00 bits per heavy atom. The van der Waals surface area contributed by atoms with Crippen molar-refractivity contribution in [1.82, 2.24) is 0 Å². The minimum absolute atomic E-state index is 0.0701. The third kappa shape index (κ3) is 3.40. The van der Waals surface area contributed by atoms with E-state index in [-0.39, 0.29) is 24.1 Å². The second kappa shape index (κ2) is 4.98. The van der Waals surface area contributed by atoms with E-state index >= 15 is 0 Å². The van der Waals surface area contributed by atoms with Gasteiger partial charge in [-0.1, -0.05) is 0 Å². The lowest BCUT2D eigenvalue weighted by atomic mass is 10.1. The van der Waals surface area contributed by atoms with Crippen LogP contribution in [0.2, 0.25) is 0 Å². The molecule has 0 aliphatic carbocycles. The predicted octanol–water partition coefficient (Wildman–Crippen LogP) is 2.57. The zero-order chi connectivity index (χ0) is 11.4. The standard InChI is InChI=1S/C11H12F2O2/c1-7(2)15-6-11(14)8-3-4-9(12)10(13)5-8/h3-5,7H,6H2,1-2H3. The van der Waals surface area contributed by atoms with Gasteiger partial charge < -0.3 is 4.74 Å². The Kier molecular flexibility index (Phi) is 3.91. The van der Waals surface area contributed by atoms with Crippen molar-refractivity contribution in [2.24, 2.45) is 0 Å². The quantitative estimate of drug-likeness (QED) is 0.720. The number of hydrogen-bond acceptors (Lipinski definition) is 2. The van der Waals surface area contributed by atoms with Crippen molar-refractivity contribution in [3.8, 4) is 0 Å². The largest absolute Gasteiger partial charge is 0.371 e. The van der Waals surface area contributed by atoms with E-state index in [1.165, 1.54) is 6.07 Å². The first-order valence-electron chi connectivity index (χ1n) is 4.60. The Hall–Kier alpha value is -1.29. The SMILES string of the molecule is CC(C)OCC(=O)c1ccc(F)c(F)c1. The van der Waals surface area contributed by atoms with Gasteiger partial charge in [-0.15, -0.1) is 0 Å². The van der Waals surface area contributed by atoms with Crippen LogP contribution < -0.4 is 0 Å². The first kappa shape index (κ1) is 11.8. The molecule has 0 fully saturated rings. The number of halogens is 2. The maximum absolute atomic E-state index is 12.8. The van der Waals surface area contributed by atoms with Gasteiger partial charge in [-0.05, 0) is 32.0 Å². The van der Waals surface area contributed by atoms with Crippen LogP contribution in [0.5, 0.6) is 0 Å². The third-order valence-corrected chi connectivity index (χ3v) is 1.79. The summed E-state index contributed by atoms with van der Waals surface area (Å²) in [5.41, 5.74) is 0.120. The molecule has 0 atom stereocenters. The molecule has 0 aromatic heterocycles. The minimum atomic E-state index is -1.02. The number of hydrogen-bond donors (Lipinski definition) is 0. The van der Waals surface area contributed by atoms with Crippen molar-refractivity contribution in [2.75, 3.05) is 6.61 Å². The maximum Gasteiger partial charge on any atom is 0.188 e. The summed E-state index contributed by atoms with van der Waals surface area (Å²) in [4.78, 5) is 11.4. The minimum Gasteiger partial charge on any atom is -0.371 e. The van der Waals surface area contributed by atoms with Crippen LogP contribution in [0, 0.1) is 11.6 Å². The van der Waals surface area contributed by atoms with Crippen LogP contribution in [0.3, 0.4) is 0 Å². The average molecular weight is 214 g/mol. The summed E-state index contributed by atoms with van der Waals surface area (Å²) in [7, 11) is 0. The molecule has 0 saturated heterocycles. The molecule has 82 valence electrons. The normalized spacial score (nSPS) is 10.7. The molecule has 0 N–H and O–H groups in total. The third-order valence-electron chi connectivity index (χ3n) is 1.79. The summed E-state index contributed by atoms with van der Waals surface area (Å²) in [5.74, 6) is -2.34. The number of rotatable bonds is 4. The molecule has 0 radical (unpaired) electrons. The van der Waals surface area contributed by atoms with Crippen LogP contribution >= 0.6 is 0 Å². The highest BCUT2D eigenvalue weighted by Gasteiger charge is 2.10. The smallest absolute Gasteiger partial charge is 0.188 e. The number of carbonyl (C=O) groups is 1. The summed E-state index contributed by atoms with van der Waals surface area (Å²) in [5, 5.41) is 0. The molecule has 0 aliphatic heterocycles. The average Bonchev–Trinajstić information content (AvgIpc) is 2.18. The summed E-state index contributed by atoms with van der Waals surface area (Å²) in [6.45, 7) is 3.46. The number of carbonyl (C=O) groups excluding carboxylic acids is 1. The molecule has 1 aromatic carbocycles. The molecule has 0 heterocycles. The summed E-state index contributed by atoms with van der Waals surface area (Å²) in [6.07, 6.45) is -0.0701. The Bertz CT molecular complexity index is 362. The van der Waals surface area contributed by atoms with E-state index in [1.54, 1.807) is 13.8 Å². The maximum atomic E-state index is 12.8. The fourth-order valence-electron chi connectivity index (χ4n) is 0.995. The molecule has 4 heteroatoms. The van der Waals surface area contributed by atoms with E-state index in [1.807, 2.05) is 0 Å². The molecular formula is C11H12F2O2. The van der Waals surface area contributed by atoms with Gasteiger partial charge in [-0.25, -0.2) is 8.78 Å². The molecule has 0 aliphatic rings. The fourth-order valence-corrected chi connectivity index (χ4v) is 0.995. The summed E-state index contributed by atoms with van der Waals surface area (Å²) < 4.78 is 30.4. The van der Waals surface area contributed by atoms with Gasteiger partial charge in [-0.2, -0.15) is 0 Å². The van der Waals surface area contributed by atoms with E-state index in [0.29, 0.717) is 0 Å². The van der Waals surface area contributed by atoms with E-state index < -0.39 is 11.6 Å². The molecule has 1 rings (SSSR count). The first-order chi connectivity index (χ1) is 7.00. The Morgan fingerprint density at radius 3 is 2.53 bits per heavy atom. The van der Waals surface area contributed by atoms with Gasteiger partial charge in [0.15, 0.2) is 17.4 Å². The van der Waals surface area contributed by atoms with Crippen molar-refractivity contribution in [1.29, 1.82) is 0 Å². The lowest BCUT2D eigenvalue weighted by molar-refractivity contribution is 0.0584. The van der Waals surface area contributed by atoms with Gasteiger partial charge in [0.2, 0.25) is 0 Å². The van der Waals surface area contributed by atoms with E-state index in [9.17, 15) is 13.6 Å². The number of ether oxygens (including phenoxy) is 1. The highest BCUT2D eigenvalue weighted by molar-refractivity contribution is 5.97. The van der Waals surface area contributed by atoms with Crippen molar-refractivity contribution in [3.05, 3.63) is 35.4 Å². The first-order valence-corrected chi connectivity index (χ1v) is 4.60. The van der Waals surface area contributed by atoms with E-state index in [2.05, 4.69) is 0 Å². The molecule has 0 unspecified atom stereocenters. The number of ketones is 1. The zero-order valence-electron chi connectivity index (χ0n) is 8.59. The molecule has 2 nitrogen and oxygen atoms in total. The highest BCUT2D eigenvalue weighted by atomic mass is 19.2. The molecule has 0 spiro atoms. The Balaban J connectivity index is 2.70. The van der Waals surface area contributed by atoms with Crippen molar-refractivity contribution >= 4 is 5.78 Å². The van der Waals surface area contributed by atoms with E-state index in [0.717, 1.165) is 12.1 Å². The molecular weight excluding hydrogens is 202 g/mol. The molecule has 0 bridgehead atoms. The Morgan fingerprint density at radius 1 is 1.33 bits per heavy atom. The van der Waals surface area contributed by atoms with Gasteiger partial charge in [0.25, 0.3) is 0 Å². The van der Waals surface area contributed by atoms with Crippen LogP contribution in [-0.4, -0.2) is 18.5 Å². The van der Waals surface area contributed by atoms with Gasteiger partial charge >= 0.3 is 0 Å².